The number of hydrogen-bond acceptors (Lipinski definition) is 6. The largest absolute Gasteiger partial charge is 0.325 e. The molecule has 0 aliphatic rings. The van der Waals surface area contributed by atoms with Crippen molar-refractivity contribution in [3.63, 3.8) is 0 Å². The topological polar surface area (TPSA) is 105 Å². The molecule has 1 atom stereocenters. The Morgan fingerprint density at radius 2 is 1.73 bits per heavy atom. The van der Waals surface area contributed by atoms with Gasteiger partial charge in [0, 0.05) is 17.6 Å². The van der Waals surface area contributed by atoms with E-state index >= 15 is 0 Å². The van der Waals surface area contributed by atoms with E-state index in [2.05, 4.69) is 53.1 Å². The predicted octanol–water partition coefficient (Wildman–Crippen LogP) is 5.25. The molecule has 0 spiro atoms. The van der Waals surface area contributed by atoms with Gasteiger partial charge in [-0.25, -0.2) is 13.1 Å². The highest BCUT2D eigenvalue weighted by Gasteiger charge is 2.23. The fourth-order valence-corrected chi connectivity index (χ4v) is 6.42. The Hall–Kier alpha value is -2.95. The molecule has 1 amide bonds. The fourth-order valence-electron chi connectivity index (χ4n) is 4.24. The average Bonchev–Trinajstić information content (AvgIpc) is 3.23. The van der Waals surface area contributed by atoms with Crippen LogP contribution in [-0.4, -0.2) is 40.7 Å². The van der Waals surface area contributed by atoms with Gasteiger partial charge in [-0.3, -0.25) is 9.20 Å². The van der Waals surface area contributed by atoms with E-state index in [9.17, 15) is 13.2 Å². The summed E-state index contributed by atoms with van der Waals surface area (Å²) >= 11 is 1.37. The van der Waals surface area contributed by atoms with Gasteiger partial charge in [-0.15, -0.1) is 10.2 Å². The summed E-state index contributed by atoms with van der Waals surface area (Å²) in [4.78, 5) is 13.3. The third kappa shape index (κ3) is 5.81. The number of nitrogens with zero attached hydrogens (tertiary/aromatic N) is 3. The zero-order valence-electron chi connectivity index (χ0n) is 22.0. The van der Waals surface area contributed by atoms with Gasteiger partial charge in [0.05, 0.1) is 15.7 Å². The first-order valence-corrected chi connectivity index (χ1v) is 14.7. The molecule has 10 heteroatoms. The number of carbonyl (C=O) groups excluding carboxylic acids is 1. The van der Waals surface area contributed by atoms with Crippen molar-refractivity contribution in [2.75, 3.05) is 11.9 Å². The molecule has 0 saturated heterocycles. The number of amides is 1. The number of aromatic nitrogens is 3. The standard InChI is InChI=1S/C27H33N5O3S2/c1-7-23(26(33)29-20-8-10-21(11-9-20)37(34,35)28-15-16(2)3)36-27-31-30-24-14-18(5)22-13-17(4)12-19(6)25(22)32(24)27/h8-14,16,23,28H,7,15H2,1-6H3,(H,29,33). The number of aryl methyl sites for hydroxylation is 3. The first kappa shape index (κ1) is 27.1. The van der Waals surface area contributed by atoms with E-state index in [1.54, 1.807) is 12.1 Å². The molecule has 2 heterocycles. The van der Waals surface area contributed by atoms with Crippen LogP contribution in [0.15, 0.2) is 52.5 Å². The third-order valence-corrected chi connectivity index (χ3v) is 8.87. The van der Waals surface area contributed by atoms with Gasteiger partial charge in [0.2, 0.25) is 15.9 Å². The third-order valence-electron chi connectivity index (χ3n) is 6.12. The van der Waals surface area contributed by atoms with E-state index in [1.165, 1.54) is 29.5 Å². The second kappa shape index (κ2) is 10.8. The molecule has 0 bridgehead atoms. The highest BCUT2D eigenvalue weighted by molar-refractivity contribution is 8.00. The van der Waals surface area contributed by atoms with Crippen LogP contribution in [0, 0.1) is 26.7 Å². The van der Waals surface area contributed by atoms with Crippen molar-refractivity contribution in [3.8, 4) is 0 Å². The zero-order chi connectivity index (χ0) is 26.9. The summed E-state index contributed by atoms with van der Waals surface area (Å²) in [5, 5.41) is 13.1. The van der Waals surface area contributed by atoms with E-state index in [0.29, 0.717) is 23.8 Å². The number of nitrogens with one attached hydrogen (secondary N) is 2. The van der Waals surface area contributed by atoms with Crippen LogP contribution in [0.2, 0.25) is 0 Å². The molecule has 0 aliphatic carbocycles. The molecule has 8 nitrogen and oxygen atoms in total. The maximum atomic E-state index is 13.2. The second-order valence-corrected chi connectivity index (χ2v) is 12.7. The fraction of sp³-hybridized carbons (Fsp3) is 0.370. The molecular weight excluding hydrogens is 506 g/mol. The van der Waals surface area contributed by atoms with E-state index in [0.717, 1.165) is 27.7 Å². The molecule has 4 rings (SSSR count). The van der Waals surface area contributed by atoms with Gasteiger partial charge in [0.1, 0.15) is 0 Å². The number of hydrogen-bond donors (Lipinski definition) is 2. The number of pyridine rings is 1. The number of sulfonamides is 1. The Balaban J connectivity index is 1.56. The van der Waals surface area contributed by atoms with E-state index < -0.39 is 15.3 Å². The Morgan fingerprint density at radius 1 is 1.03 bits per heavy atom. The van der Waals surface area contributed by atoms with Gasteiger partial charge < -0.3 is 5.32 Å². The summed E-state index contributed by atoms with van der Waals surface area (Å²) in [6.07, 6.45) is 0.582. The van der Waals surface area contributed by atoms with Crippen LogP contribution in [0.3, 0.4) is 0 Å². The lowest BCUT2D eigenvalue weighted by Crippen LogP contribution is -2.27. The van der Waals surface area contributed by atoms with Gasteiger partial charge in [-0.2, -0.15) is 0 Å². The average molecular weight is 540 g/mol. The molecule has 37 heavy (non-hydrogen) atoms. The first-order valence-electron chi connectivity index (χ1n) is 12.3. The van der Waals surface area contributed by atoms with Crippen LogP contribution in [0.1, 0.15) is 43.9 Å². The number of benzene rings is 2. The van der Waals surface area contributed by atoms with E-state index in [4.69, 9.17) is 0 Å². The molecule has 2 aromatic carbocycles. The Kier molecular flexibility index (Phi) is 7.91. The van der Waals surface area contributed by atoms with Crippen LogP contribution in [0.5, 0.6) is 0 Å². The maximum absolute atomic E-state index is 13.2. The molecule has 2 N–H and O–H groups in total. The van der Waals surface area contributed by atoms with Crippen molar-refractivity contribution in [3.05, 3.63) is 59.2 Å². The summed E-state index contributed by atoms with van der Waals surface area (Å²) < 4.78 is 29.5. The van der Waals surface area contributed by atoms with Crippen molar-refractivity contribution < 1.29 is 13.2 Å². The molecule has 0 radical (unpaired) electrons. The zero-order valence-corrected chi connectivity index (χ0v) is 23.6. The Bertz CT molecular complexity index is 1560. The predicted molar refractivity (Wildman–Crippen MR) is 150 cm³/mol. The SMILES string of the molecule is CCC(Sc1nnc2cc(C)c3cc(C)cc(C)c3n12)C(=O)Nc1ccc(S(=O)(=O)NCC(C)C)cc1. The number of anilines is 1. The highest BCUT2D eigenvalue weighted by atomic mass is 32.2. The lowest BCUT2D eigenvalue weighted by Gasteiger charge is -2.16. The van der Waals surface area contributed by atoms with Crippen molar-refractivity contribution in [2.24, 2.45) is 5.92 Å². The molecule has 2 aromatic heterocycles. The van der Waals surface area contributed by atoms with Gasteiger partial charge in [-0.1, -0.05) is 44.2 Å². The van der Waals surface area contributed by atoms with E-state index in [1.807, 2.05) is 31.2 Å². The molecule has 0 fully saturated rings. The first-order chi connectivity index (χ1) is 17.5. The number of carbonyl (C=O) groups is 1. The highest BCUT2D eigenvalue weighted by Crippen LogP contribution is 2.31. The summed E-state index contributed by atoms with van der Waals surface area (Å²) in [6, 6.07) is 12.5. The van der Waals surface area contributed by atoms with Crippen LogP contribution in [0.4, 0.5) is 5.69 Å². The molecule has 0 aliphatic heterocycles. The van der Waals surface area contributed by atoms with Gasteiger partial charge in [-0.05, 0) is 80.6 Å². The lowest BCUT2D eigenvalue weighted by atomic mass is 10.0. The summed E-state index contributed by atoms with van der Waals surface area (Å²) in [7, 11) is -3.59. The Labute approximate surface area is 222 Å². The van der Waals surface area contributed by atoms with Gasteiger partial charge >= 0.3 is 0 Å². The van der Waals surface area contributed by atoms with Gasteiger partial charge in [0.15, 0.2) is 10.8 Å². The summed E-state index contributed by atoms with van der Waals surface area (Å²) in [5.74, 6) is 0.0241. The van der Waals surface area contributed by atoms with E-state index in [-0.39, 0.29) is 16.7 Å². The minimum Gasteiger partial charge on any atom is -0.325 e. The minimum absolute atomic E-state index is 0.162. The van der Waals surface area contributed by atoms with Gasteiger partial charge in [0.25, 0.3) is 0 Å². The summed E-state index contributed by atoms with van der Waals surface area (Å²) in [5.41, 5.74) is 5.78. The van der Waals surface area contributed by atoms with Crippen LogP contribution >= 0.6 is 11.8 Å². The number of thioether (sulfide) groups is 1. The van der Waals surface area contributed by atoms with Crippen LogP contribution in [-0.2, 0) is 14.8 Å². The second-order valence-electron chi connectivity index (χ2n) is 9.76. The number of fused-ring (bicyclic) bond motifs is 3. The number of rotatable bonds is 9. The smallest absolute Gasteiger partial charge is 0.240 e. The molecule has 196 valence electrons. The Morgan fingerprint density at radius 3 is 2.38 bits per heavy atom. The maximum Gasteiger partial charge on any atom is 0.240 e. The van der Waals surface area contributed by atoms with Crippen molar-refractivity contribution in [2.45, 2.75) is 63.3 Å². The van der Waals surface area contributed by atoms with Crippen molar-refractivity contribution in [1.82, 2.24) is 19.3 Å². The molecular formula is C27H33N5O3S2. The minimum atomic E-state index is -3.59. The quantitative estimate of drug-likeness (QED) is 0.282. The molecule has 0 saturated carbocycles. The monoisotopic (exact) mass is 539 g/mol. The van der Waals surface area contributed by atoms with Crippen molar-refractivity contribution in [1.29, 1.82) is 0 Å². The van der Waals surface area contributed by atoms with Crippen LogP contribution in [0.25, 0.3) is 16.6 Å². The molecule has 4 aromatic rings. The molecule has 1 unspecified atom stereocenters. The van der Waals surface area contributed by atoms with Crippen LogP contribution < -0.4 is 10.0 Å². The lowest BCUT2D eigenvalue weighted by molar-refractivity contribution is -0.115. The normalized spacial score (nSPS) is 12.9. The van der Waals surface area contributed by atoms with Crippen molar-refractivity contribution >= 4 is 49.9 Å². The summed E-state index contributed by atoms with van der Waals surface area (Å²) in [6.45, 7) is 12.4.